The van der Waals surface area contributed by atoms with Gasteiger partial charge in [0.2, 0.25) is 0 Å². The maximum absolute atomic E-state index is 6.44. The van der Waals surface area contributed by atoms with Crippen molar-refractivity contribution in [1.29, 1.82) is 0 Å². The van der Waals surface area contributed by atoms with Gasteiger partial charge in [-0.25, -0.2) is 0 Å². The molecule has 0 aliphatic rings. The molecule has 27 heavy (non-hydrogen) atoms. The van der Waals surface area contributed by atoms with Gasteiger partial charge >= 0.3 is 17.1 Å². The van der Waals surface area contributed by atoms with Gasteiger partial charge in [0.1, 0.15) is 0 Å². The maximum Gasteiger partial charge on any atom is 0.412 e. The first-order valence-electron chi connectivity index (χ1n) is 9.13. The van der Waals surface area contributed by atoms with Crippen LogP contribution in [-0.2, 0) is 13.0 Å². The van der Waals surface area contributed by atoms with E-state index in [-0.39, 0.29) is 0 Å². The van der Waals surface area contributed by atoms with E-state index in [2.05, 4.69) is 22.9 Å². The van der Waals surface area contributed by atoms with Crippen LogP contribution in [0.25, 0.3) is 0 Å². The quantitative estimate of drug-likeness (QED) is 0.537. The highest BCUT2D eigenvalue weighted by atomic mass is 28.5. The number of hydrogen-bond donors (Lipinski definition) is 0. The van der Waals surface area contributed by atoms with Gasteiger partial charge in [-0.3, -0.25) is 0 Å². The first-order chi connectivity index (χ1) is 13.0. The highest BCUT2D eigenvalue weighted by molar-refractivity contribution is 6.87. The summed E-state index contributed by atoms with van der Waals surface area (Å²) in [6.45, 7) is 8.90. The van der Waals surface area contributed by atoms with Crippen molar-refractivity contribution in [2.24, 2.45) is 0 Å². The predicted octanol–water partition coefficient (Wildman–Crippen LogP) is 4.40. The fourth-order valence-corrected chi connectivity index (χ4v) is 8.36. The van der Waals surface area contributed by atoms with Crippen molar-refractivity contribution in [2.45, 2.75) is 26.9 Å². The summed E-state index contributed by atoms with van der Waals surface area (Å²) < 4.78 is 18.4. The molecule has 0 radical (unpaired) electrons. The Morgan fingerprint density at radius 1 is 0.667 bits per heavy atom. The Balaban J connectivity index is 2.29. The average Bonchev–Trinajstić information content (AvgIpc) is 2.67. The molecule has 0 saturated heterocycles. The molecule has 0 N–H and O–H groups in total. The summed E-state index contributed by atoms with van der Waals surface area (Å²) in [6, 6.07) is 19.7. The minimum absolute atomic E-state index is 0.537. The lowest BCUT2D eigenvalue weighted by molar-refractivity contribution is 0.218. The smallest absolute Gasteiger partial charge is 0.396 e. The summed E-state index contributed by atoms with van der Waals surface area (Å²) in [7, 11) is -5.54. The molecule has 0 heterocycles. The predicted molar refractivity (Wildman–Crippen MR) is 114 cm³/mol. The van der Waals surface area contributed by atoms with Gasteiger partial charge in [-0.2, -0.15) is 0 Å². The van der Waals surface area contributed by atoms with Crippen LogP contribution >= 0.6 is 0 Å². The zero-order chi connectivity index (χ0) is 19.6. The second-order valence-corrected chi connectivity index (χ2v) is 11.8. The first kappa shape index (κ1) is 21.2. The molecular formula is C22H26O3Si2. The first-order valence-corrected chi connectivity index (χ1v) is 13.8. The molecule has 0 amide bonds. The van der Waals surface area contributed by atoms with Crippen LogP contribution < -0.4 is 0 Å². The molecule has 140 valence electrons. The van der Waals surface area contributed by atoms with Crippen molar-refractivity contribution in [3.8, 4) is 22.9 Å². The van der Waals surface area contributed by atoms with Crippen LogP contribution in [0, 0.1) is 22.9 Å². The van der Waals surface area contributed by atoms with Crippen LogP contribution in [0.5, 0.6) is 0 Å². The topological polar surface area (TPSA) is 27.7 Å². The van der Waals surface area contributed by atoms with Crippen molar-refractivity contribution in [3.63, 3.8) is 0 Å². The van der Waals surface area contributed by atoms with Crippen molar-refractivity contribution in [2.75, 3.05) is 13.2 Å². The van der Waals surface area contributed by atoms with Gasteiger partial charge < -0.3 is 13.0 Å². The average molecular weight is 395 g/mol. The minimum Gasteiger partial charge on any atom is -0.396 e. The lowest BCUT2D eigenvalue weighted by Gasteiger charge is -2.29. The van der Waals surface area contributed by atoms with Crippen LogP contribution in [0.1, 0.15) is 25.0 Å². The van der Waals surface area contributed by atoms with Gasteiger partial charge in [-0.1, -0.05) is 59.3 Å². The van der Waals surface area contributed by atoms with E-state index in [9.17, 15) is 0 Å². The Hall–Kier alpha value is -2.13. The lowest BCUT2D eigenvalue weighted by atomic mass is 10.2. The fourth-order valence-electron chi connectivity index (χ4n) is 2.52. The third-order valence-electron chi connectivity index (χ3n) is 3.64. The van der Waals surface area contributed by atoms with Crippen LogP contribution in [0.15, 0.2) is 60.7 Å². The summed E-state index contributed by atoms with van der Waals surface area (Å²) in [4.78, 5) is 0. The van der Waals surface area contributed by atoms with Gasteiger partial charge in [-0.05, 0) is 51.2 Å². The van der Waals surface area contributed by atoms with Crippen LogP contribution in [0.3, 0.4) is 0 Å². The van der Waals surface area contributed by atoms with Gasteiger partial charge in [0.15, 0.2) is 0 Å². The van der Waals surface area contributed by atoms with Crippen LogP contribution in [0.4, 0.5) is 0 Å². The molecule has 0 aliphatic carbocycles. The van der Waals surface area contributed by atoms with Crippen LogP contribution in [0.2, 0.25) is 13.1 Å². The molecule has 2 rings (SSSR count). The zero-order valence-corrected chi connectivity index (χ0v) is 18.4. The molecule has 2 atom stereocenters. The second-order valence-electron chi connectivity index (χ2n) is 6.09. The number of benzene rings is 2. The summed E-state index contributed by atoms with van der Waals surface area (Å²) in [5.74, 6) is 6.38. The molecular weight excluding hydrogens is 368 g/mol. The van der Waals surface area contributed by atoms with Crippen molar-refractivity contribution < 1.29 is 13.0 Å². The van der Waals surface area contributed by atoms with E-state index in [0.717, 1.165) is 11.1 Å². The maximum atomic E-state index is 6.44. The van der Waals surface area contributed by atoms with Crippen molar-refractivity contribution >= 4 is 17.1 Å². The molecule has 2 unspecified atom stereocenters. The highest BCUT2D eigenvalue weighted by Gasteiger charge is 2.42. The summed E-state index contributed by atoms with van der Waals surface area (Å²) in [5.41, 5.74) is 8.39. The summed E-state index contributed by atoms with van der Waals surface area (Å²) >= 11 is 0. The van der Waals surface area contributed by atoms with E-state index in [1.54, 1.807) is 0 Å². The summed E-state index contributed by atoms with van der Waals surface area (Å²) in [5, 5.41) is 0. The van der Waals surface area contributed by atoms with E-state index in [0.29, 0.717) is 13.2 Å². The van der Waals surface area contributed by atoms with E-state index in [4.69, 9.17) is 13.0 Å². The van der Waals surface area contributed by atoms with E-state index >= 15 is 0 Å². The molecule has 2 aromatic rings. The normalized spacial score (nSPS) is 14.7. The van der Waals surface area contributed by atoms with Gasteiger partial charge in [0, 0.05) is 24.3 Å². The molecule has 5 heteroatoms. The largest absolute Gasteiger partial charge is 0.412 e. The highest BCUT2D eigenvalue weighted by Crippen LogP contribution is 2.17. The van der Waals surface area contributed by atoms with E-state index in [1.165, 1.54) is 0 Å². The molecule has 2 aromatic carbocycles. The SMILES string of the molecule is CCO[Si](C)(C#Cc1ccccc1)O[Si](C)(C#Cc1ccccc1)OCC. The lowest BCUT2D eigenvalue weighted by Crippen LogP contribution is -2.51. The Morgan fingerprint density at radius 3 is 1.37 bits per heavy atom. The second kappa shape index (κ2) is 10.3. The summed E-state index contributed by atoms with van der Waals surface area (Å²) in [6.07, 6.45) is 0. The van der Waals surface area contributed by atoms with E-state index in [1.807, 2.05) is 87.6 Å². The monoisotopic (exact) mass is 394 g/mol. The minimum atomic E-state index is -2.77. The van der Waals surface area contributed by atoms with E-state index < -0.39 is 17.1 Å². The Labute approximate surface area is 165 Å². The number of rotatable bonds is 6. The standard InChI is InChI=1S/C22H26O3Si2/c1-5-23-26(3,19-17-21-13-9-7-10-14-21)25-27(4,24-6-2)20-18-22-15-11-8-12-16-22/h7-16H,5-6H2,1-4H3. The van der Waals surface area contributed by atoms with Gasteiger partial charge in [0.25, 0.3) is 0 Å². The van der Waals surface area contributed by atoms with Gasteiger partial charge in [-0.15, -0.1) is 0 Å². The van der Waals surface area contributed by atoms with Crippen molar-refractivity contribution in [3.05, 3.63) is 71.8 Å². The molecule has 0 bridgehead atoms. The Morgan fingerprint density at radius 2 is 1.04 bits per heavy atom. The number of hydrogen-bond acceptors (Lipinski definition) is 3. The molecule has 3 nitrogen and oxygen atoms in total. The third kappa shape index (κ3) is 7.18. The molecule has 0 fully saturated rings. The Bertz CT molecular complexity index is 762. The molecule has 0 aromatic heterocycles. The van der Waals surface area contributed by atoms with Gasteiger partial charge in [0.05, 0.1) is 0 Å². The molecule has 0 aliphatic heterocycles. The Kier molecular flexibility index (Phi) is 8.06. The molecule has 0 spiro atoms. The fraction of sp³-hybridized carbons (Fsp3) is 0.273. The third-order valence-corrected chi connectivity index (χ3v) is 9.60. The zero-order valence-electron chi connectivity index (χ0n) is 16.4. The molecule has 0 saturated carbocycles. The van der Waals surface area contributed by atoms with Crippen LogP contribution in [-0.4, -0.2) is 30.3 Å². The van der Waals surface area contributed by atoms with Crippen molar-refractivity contribution in [1.82, 2.24) is 0 Å².